The monoisotopic (exact) mass is 374 g/mol. The Bertz CT molecular complexity index is 544. The number of nitrogens with one attached hydrogen (secondary N) is 1. The van der Waals surface area contributed by atoms with Crippen molar-refractivity contribution in [2.24, 2.45) is 16.6 Å². The molecule has 1 aromatic rings. The number of halogens is 2. The summed E-state index contributed by atoms with van der Waals surface area (Å²) in [5.41, 5.74) is 6.54. The Morgan fingerprint density at radius 2 is 2.04 bits per heavy atom. The van der Waals surface area contributed by atoms with Crippen LogP contribution in [0.15, 0.2) is 24.3 Å². The summed E-state index contributed by atoms with van der Waals surface area (Å²) in [6.45, 7) is 6.49. The second-order valence-corrected chi connectivity index (χ2v) is 7.69. The van der Waals surface area contributed by atoms with E-state index in [-0.39, 0.29) is 23.7 Å². The summed E-state index contributed by atoms with van der Waals surface area (Å²) in [6.07, 6.45) is 2.25. The molecule has 1 amide bonds. The molecule has 0 saturated carbocycles. The molecule has 1 heterocycles. The van der Waals surface area contributed by atoms with Crippen LogP contribution in [-0.2, 0) is 16.0 Å². The van der Waals surface area contributed by atoms with Crippen LogP contribution in [-0.4, -0.2) is 32.2 Å². The molecule has 6 heteroatoms. The minimum Gasteiger partial charge on any atom is -0.381 e. The second-order valence-electron chi connectivity index (χ2n) is 7.25. The number of amides is 1. The van der Waals surface area contributed by atoms with Gasteiger partial charge in [0.05, 0.1) is 5.41 Å². The number of nitrogens with two attached hydrogens (primary N) is 1. The highest BCUT2D eigenvalue weighted by Crippen LogP contribution is 2.30. The zero-order valence-electron chi connectivity index (χ0n) is 14.4. The Kier molecular flexibility index (Phi) is 8.00. The van der Waals surface area contributed by atoms with Gasteiger partial charge in [-0.15, -0.1) is 12.4 Å². The molecule has 0 bridgehead atoms. The predicted molar refractivity (Wildman–Crippen MR) is 101 cm³/mol. The maximum Gasteiger partial charge on any atom is 0.227 e. The van der Waals surface area contributed by atoms with Gasteiger partial charge in [-0.3, -0.25) is 4.79 Å². The van der Waals surface area contributed by atoms with Gasteiger partial charge in [0.1, 0.15) is 0 Å². The summed E-state index contributed by atoms with van der Waals surface area (Å²) < 4.78 is 5.36. The fourth-order valence-electron chi connectivity index (χ4n) is 3.06. The molecule has 136 valence electrons. The summed E-state index contributed by atoms with van der Waals surface area (Å²) in [4.78, 5) is 12.6. The van der Waals surface area contributed by atoms with Crippen molar-refractivity contribution in [3.8, 4) is 0 Å². The van der Waals surface area contributed by atoms with Gasteiger partial charge in [0.25, 0.3) is 0 Å². The van der Waals surface area contributed by atoms with Crippen molar-refractivity contribution < 1.29 is 9.53 Å². The van der Waals surface area contributed by atoms with Crippen LogP contribution in [0.2, 0.25) is 5.02 Å². The lowest BCUT2D eigenvalue weighted by atomic mass is 9.78. The topological polar surface area (TPSA) is 64.4 Å². The van der Waals surface area contributed by atoms with E-state index >= 15 is 0 Å². The van der Waals surface area contributed by atoms with E-state index < -0.39 is 5.41 Å². The summed E-state index contributed by atoms with van der Waals surface area (Å²) >= 11 is 6.04. The third-order valence-corrected chi connectivity index (χ3v) is 4.86. The van der Waals surface area contributed by atoms with E-state index in [0.29, 0.717) is 39.1 Å². The maximum absolute atomic E-state index is 12.6. The number of carbonyl (C=O) groups excluding carboxylic acids is 1. The van der Waals surface area contributed by atoms with Gasteiger partial charge >= 0.3 is 0 Å². The minimum absolute atomic E-state index is 0. The Hall–Kier alpha value is -0.810. The molecule has 0 radical (unpaired) electrons. The number of rotatable bonds is 6. The first kappa shape index (κ1) is 21.2. The van der Waals surface area contributed by atoms with Gasteiger partial charge in [0.15, 0.2) is 0 Å². The highest BCUT2D eigenvalue weighted by molar-refractivity contribution is 6.30. The zero-order chi connectivity index (χ0) is 16.9. The number of ether oxygens (including phenoxy) is 1. The molecule has 0 atom stereocenters. The molecular formula is C18H28Cl2N2O2. The quantitative estimate of drug-likeness (QED) is 0.803. The number of benzene rings is 1. The molecule has 1 aromatic carbocycles. The molecule has 2 rings (SSSR count). The normalized spacial score (nSPS) is 17.0. The van der Waals surface area contributed by atoms with Crippen molar-refractivity contribution in [3.05, 3.63) is 34.9 Å². The predicted octanol–water partition coefficient (Wildman–Crippen LogP) is 3.20. The lowest BCUT2D eigenvalue weighted by Gasteiger charge is -2.36. The maximum atomic E-state index is 12.6. The zero-order valence-corrected chi connectivity index (χ0v) is 16.0. The van der Waals surface area contributed by atoms with E-state index in [1.165, 1.54) is 5.56 Å². The third kappa shape index (κ3) is 5.62. The number of carbonyl (C=O) groups is 1. The third-order valence-electron chi connectivity index (χ3n) is 4.62. The molecule has 24 heavy (non-hydrogen) atoms. The van der Waals surface area contributed by atoms with Gasteiger partial charge in [-0.2, -0.15) is 0 Å². The Balaban J connectivity index is 0.00000288. The molecule has 1 fully saturated rings. The summed E-state index contributed by atoms with van der Waals surface area (Å²) in [7, 11) is 0. The van der Waals surface area contributed by atoms with Crippen molar-refractivity contribution in [2.45, 2.75) is 33.1 Å². The molecule has 4 nitrogen and oxygen atoms in total. The first-order chi connectivity index (χ1) is 10.9. The lowest BCUT2D eigenvalue weighted by Crippen LogP contribution is -2.51. The SMILES string of the molecule is CC(C)(CNC(=O)C1(CN)CCOCC1)Cc1cccc(Cl)c1.Cl. The molecule has 0 spiro atoms. The fraction of sp³-hybridized carbons (Fsp3) is 0.611. The van der Waals surface area contributed by atoms with Crippen molar-refractivity contribution in [1.82, 2.24) is 5.32 Å². The van der Waals surface area contributed by atoms with Gasteiger partial charge < -0.3 is 15.8 Å². The van der Waals surface area contributed by atoms with E-state index in [9.17, 15) is 4.79 Å². The number of hydrogen-bond acceptors (Lipinski definition) is 3. The Morgan fingerprint density at radius 3 is 2.62 bits per heavy atom. The van der Waals surface area contributed by atoms with Crippen molar-refractivity contribution in [3.63, 3.8) is 0 Å². The highest BCUT2D eigenvalue weighted by atomic mass is 35.5. The molecular weight excluding hydrogens is 347 g/mol. The molecule has 0 aromatic heterocycles. The van der Waals surface area contributed by atoms with E-state index in [4.69, 9.17) is 22.1 Å². The van der Waals surface area contributed by atoms with E-state index in [2.05, 4.69) is 25.2 Å². The number of hydrogen-bond donors (Lipinski definition) is 2. The van der Waals surface area contributed by atoms with Gasteiger partial charge in [-0.1, -0.05) is 37.6 Å². The van der Waals surface area contributed by atoms with Gasteiger partial charge in [0, 0.05) is 31.3 Å². The average molecular weight is 375 g/mol. The van der Waals surface area contributed by atoms with Crippen molar-refractivity contribution >= 4 is 29.9 Å². The first-order valence-electron chi connectivity index (χ1n) is 8.17. The fourth-order valence-corrected chi connectivity index (χ4v) is 3.27. The van der Waals surface area contributed by atoms with Gasteiger partial charge in [-0.25, -0.2) is 0 Å². The second kappa shape index (κ2) is 9.04. The smallest absolute Gasteiger partial charge is 0.227 e. The lowest BCUT2D eigenvalue weighted by molar-refractivity contribution is -0.136. The van der Waals surface area contributed by atoms with Crippen LogP contribution in [0.1, 0.15) is 32.3 Å². The minimum atomic E-state index is -0.468. The molecule has 0 unspecified atom stereocenters. The van der Waals surface area contributed by atoms with E-state index in [1.54, 1.807) is 0 Å². The summed E-state index contributed by atoms with van der Waals surface area (Å²) in [5, 5.41) is 3.85. The van der Waals surface area contributed by atoms with Crippen LogP contribution in [0.5, 0.6) is 0 Å². The summed E-state index contributed by atoms with van der Waals surface area (Å²) in [6, 6.07) is 7.87. The van der Waals surface area contributed by atoms with Gasteiger partial charge in [0.2, 0.25) is 5.91 Å². The average Bonchev–Trinajstić information content (AvgIpc) is 2.53. The highest BCUT2D eigenvalue weighted by Gasteiger charge is 2.39. The Morgan fingerprint density at radius 1 is 1.38 bits per heavy atom. The first-order valence-corrected chi connectivity index (χ1v) is 8.55. The standard InChI is InChI=1S/C18H27ClN2O2.ClH/c1-17(2,11-14-4-3-5-15(19)10-14)13-21-16(22)18(12-20)6-8-23-9-7-18;/h3-5,10H,6-9,11-13,20H2,1-2H3,(H,21,22);1H. The van der Waals surface area contributed by atoms with Crippen LogP contribution in [0.25, 0.3) is 0 Å². The Labute approximate surface area is 155 Å². The van der Waals surface area contributed by atoms with Crippen LogP contribution >= 0.6 is 24.0 Å². The molecule has 3 N–H and O–H groups in total. The van der Waals surface area contributed by atoms with E-state index in [0.717, 1.165) is 11.4 Å². The molecule has 1 aliphatic rings. The molecule has 1 aliphatic heterocycles. The largest absolute Gasteiger partial charge is 0.381 e. The van der Waals surface area contributed by atoms with E-state index in [1.807, 2.05) is 18.2 Å². The van der Waals surface area contributed by atoms with Crippen molar-refractivity contribution in [1.29, 1.82) is 0 Å². The van der Waals surface area contributed by atoms with Crippen LogP contribution < -0.4 is 11.1 Å². The van der Waals surface area contributed by atoms with Crippen LogP contribution in [0.3, 0.4) is 0 Å². The molecule has 1 saturated heterocycles. The van der Waals surface area contributed by atoms with Crippen LogP contribution in [0.4, 0.5) is 0 Å². The molecule has 0 aliphatic carbocycles. The van der Waals surface area contributed by atoms with Gasteiger partial charge in [-0.05, 0) is 42.4 Å². The van der Waals surface area contributed by atoms with Crippen LogP contribution in [0, 0.1) is 10.8 Å². The summed E-state index contributed by atoms with van der Waals surface area (Å²) in [5.74, 6) is 0.0578. The van der Waals surface area contributed by atoms with Crippen molar-refractivity contribution in [2.75, 3.05) is 26.3 Å².